The van der Waals surface area contributed by atoms with Crippen molar-refractivity contribution in [3.63, 3.8) is 0 Å². The molecule has 0 amide bonds. The van der Waals surface area contributed by atoms with Gasteiger partial charge >= 0.3 is 5.97 Å². The number of ether oxygens (including phenoxy) is 1. The second kappa shape index (κ2) is 7.83. The molecule has 2 aromatic carbocycles. The van der Waals surface area contributed by atoms with Crippen molar-refractivity contribution in [2.75, 3.05) is 6.61 Å². The largest absolute Gasteiger partial charge is 0.462 e. The molecule has 0 N–H and O–H groups in total. The molecule has 0 aromatic heterocycles. The first kappa shape index (κ1) is 17.7. The van der Waals surface area contributed by atoms with Gasteiger partial charge < -0.3 is 4.74 Å². The van der Waals surface area contributed by atoms with Crippen LogP contribution in [0.1, 0.15) is 49.5 Å². The zero-order valence-electron chi connectivity index (χ0n) is 15.4. The summed E-state index contributed by atoms with van der Waals surface area (Å²) in [5.74, 6) is -0.245. The van der Waals surface area contributed by atoms with Gasteiger partial charge in [-0.2, -0.15) is 0 Å². The van der Waals surface area contributed by atoms with Crippen molar-refractivity contribution in [2.24, 2.45) is 0 Å². The minimum absolute atomic E-state index is 0.245. The Kier molecular flexibility index (Phi) is 5.54. The van der Waals surface area contributed by atoms with E-state index < -0.39 is 0 Å². The summed E-state index contributed by atoms with van der Waals surface area (Å²) in [7, 11) is 0. The van der Waals surface area contributed by atoms with E-state index in [4.69, 9.17) is 4.74 Å². The van der Waals surface area contributed by atoms with E-state index in [1.54, 1.807) is 0 Å². The van der Waals surface area contributed by atoms with Crippen LogP contribution in [0.3, 0.4) is 0 Å². The lowest BCUT2D eigenvalue weighted by atomic mass is 9.96. The topological polar surface area (TPSA) is 29.5 Å². The average Bonchev–Trinajstić information content (AvgIpc) is 2.94. The van der Waals surface area contributed by atoms with Crippen LogP contribution in [0.15, 0.2) is 48.5 Å². The Labute approximate surface area is 150 Å². The molecule has 25 heavy (non-hydrogen) atoms. The molecule has 1 fully saturated rings. The van der Waals surface area contributed by atoms with Gasteiger partial charge in [-0.1, -0.05) is 36.4 Å². The zero-order chi connectivity index (χ0) is 17.8. The van der Waals surface area contributed by atoms with Gasteiger partial charge in [0.15, 0.2) is 0 Å². The van der Waals surface area contributed by atoms with E-state index in [0.29, 0.717) is 24.3 Å². The summed E-state index contributed by atoms with van der Waals surface area (Å²) in [5, 5.41) is 0. The summed E-state index contributed by atoms with van der Waals surface area (Å²) in [5.41, 5.74) is 4.21. The highest BCUT2D eigenvalue weighted by Gasteiger charge is 2.28. The maximum absolute atomic E-state index is 12.2. The molecule has 0 saturated carbocycles. The molecule has 1 aliphatic heterocycles. The predicted molar refractivity (Wildman–Crippen MR) is 102 cm³/mol. The fourth-order valence-corrected chi connectivity index (χ4v) is 3.72. The number of carbonyl (C=O) groups is 1. The van der Waals surface area contributed by atoms with Crippen molar-refractivity contribution in [3.8, 4) is 11.1 Å². The van der Waals surface area contributed by atoms with Gasteiger partial charge in [0, 0.05) is 18.6 Å². The Balaban J connectivity index is 1.98. The van der Waals surface area contributed by atoms with Gasteiger partial charge in [-0.3, -0.25) is 4.90 Å². The molecule has 3 heteroatoms. The molecule has 0 spiro atoms. The van der Waals surface area contributed by atoms with Crippen molar-refractivity contribution >= 4 is 5.97 Å². The zero-order valence-corrected chi connectivity index (χ0v) is 15.4. The Bertz CT molecular complexity index is 716. The van der Waals surface area contributed by atoms with Gasteiger partial charge in [-0.25, -0.2) is 4.79 Å². The molecule has 1 saturated heterocycles. The van der Waals surface area contributed by atoms with Gasteiger partial charge in [0.25, 0.3) is 0 Å². The van der Waals surface area contributed by atoms with E-state index in [1.165, 1.54) is 29.5 Å². The Hall–Kier alpha value is -2.13. The third-order valence-electron chi connectivity index (χ3n) is 5.19. The van der Waals surface area contributed by atoms with Crippen LogP contribution in [0.4, 0.5) is 0 Å². The van der Waals surface area contributed by atoms with E-state index in [0.717, 1.165) is 6.54 Å². The smallest absolute Gasteiger partial charge is 0.338 e. The van der Waals surface area contributed by atoms with Crippen LogP contribution >= 0.6 is 0 Å². The molecule has 0 radical (unpaired) electrons. The van der Waals surface area contributed by atoms with Gasteiger partial charge in [-0.15, -0.1) is 0 Å². The molecule has 1 aliphatic rings. The number of esters is 1. The molecule has 2 atom stereocenters. The first-order valence-electron chi connectivity index (χ1n) is 9.21. The molecular formula is C22H27NO2. The quantitative estimate of drug-likeness (QED) is 0.727. The van der Waals surface area contributed by atoms with E-state index in [1.807, 2.05) is 25.1 Å². The Morgan fingerprint density at radius 2 is 1.76 bits per heavy atom. The maximum Gasteiger partial charge on any atom is 0.338 e. The Morgan fingerprint density at radius 3 is 2.40 bits per heavy atom. The minimum atomic E-state index is -0.245. The van der Waals surface area contributed by atoms with Crippen LogP contribution in [-0.2, 0) is 11.3 Å². The number of hydrogen-bond donors (Lipinski definition) is 0. The molecule has 0 bridgehead atoms. The van der Waals surface area contributed by atoms with Gasteiger partial charge in [0.2, 0.25) is 0 Å². The van der Waals surface area contributed by atoms with Gasteiger partial charge in [0.1, 0.15) is 0 Å². The summed E-state index contributed by atoms with van der Waals surface area (Å²) in [6.07, 6.45) is 2.47. The van der Waals surface area contributed by atoms with Gasteiger partial charge in [0.05, 0.1) is 12.2 Å². The first-order chi connectivity index (χ1) is 12.1. The molecular weight excluding hydrogens is 310 g/mol. The molecule has 2 aromatic rings. The lowest BCUT2D eigenvalue weighted by Gasteiger charge is -2.27. The second-order valence-electron chi connectivity index (χ2n) is 6.91. The number of rotatable bonds is 5. The van der Waals surface area contributed by atoms with E-state index >= 15 is 0 Å². The number of likely N-dealkylation sites (tertiary alicyclic amines) is 1. The molecule has 3 rings (SSSR count). The molecule has 0 aliphatic carbocycles. The number of nitrogens with zero attached hydrogens (tertiary/aromatic N) is 1. The van der Waals surface area contributed by atoms with Crippen molar-refractivity contribution < 1.29 is 9.53 Å². The average molecular weight is 337 g/mol. The summed E-state index contributed by atoms with van der Waals surface area (Å²) in [6, 6.07) is 17.5. The normalized spacial score (nSPS) is 20.6. The van der Waals surface area contributed by atoms with Crippen molar-refractivity contribution in [2.45, 2.75) is 52.2 Å². The molecule has 1 heterocycles. The van der Waals surface area contributed by atoms with Gasteiger partial charge in [-0.05, 0) is 62.4 Å². The van der Waals surface area contributed by atoms with E-state index in [2.05, 4.69) is 49.1 Å². The van der Waals surface area contributed by atoms with Crippen LogP contribution in [0.25, 0.3) is 11.1 Å². The van der Waals surface area contributed by atoms with Crippen LogP contribution in [-0.4, -0.2) is 29.6 Å². The standard InChI is InChI=1S/C22H27NO2/c1-4-25-22(24)19-12-13-21(18-8-6-5-7-9-18)20(14-19)15-23-16(2)10-11-17(23)3/h5-9,12-14,16-17H,4,10-11,15H2,1-3H3. The fourth-order valence-electron chi connectivity index (χ4n) is 3.72. The highest BCUT2D eigenvalue weighted by atomic mass is 16.5. The lowest BCUT2D eigenvalue weighted by molar-refractivity contribution is 0.0526. The first-order valence-corrected chi connectivity index (χ1v) is 9.21. The summed E-state index contributed by atoms with van der Waals surface area (Å²) in [6.45, 7) is 7.68. The van der Waals surface area contributed by atoms with Crippen molar-refractivity contribution in [3.05, 3.63) is 59.7 Å². The van der Waals surface area contributed by atoms with E-state index in [-0.39, 0.29) is 5.97 Å². The van der Waals surface area contributed by atoms with Crippen LogP contribution < -0.4 is 0 Å². The van der Waals surface area contributed by atoms with Crippen molar-refractivity contribution in [1.82, 2.24) is 4.90 Å². The number of carbonyl (C=O) groups excluding carboxylic acids is 1. The summed E-state index contributed by atoms with van der Waals surface area (Å²) in [4.78, 5) is 14.7. The Morgan fingerprint density at radius 1 is 1.08 bits per heavy atom. The van der Waals surface area contributed by atoms with Crippen LogP contribution in [0, 0.1) is 0 Å². The number of hydrogen-bond acceptors (Lipinski definition) is 3. The summed E-state index contributed by atoms with van der Waals surface area (Å²) >= 11 is 0. The third kappa shape index (κ3) is 3.93. The molecule has 132 valence electrons. The highest BCUT2D eigenvalue weighted by Crippen LogP contribution is 2.31. The minimum Gasteiger partial charge on any atom is -0.462 e. The van der Waals surface area contributed by atoms with Crippen molar-refractivity contribution in [1.29, 1.82) is 0 Å². The van der Waals surface area contributed by atoms with Crippen LogP contribution in [0.2, 0.25) is 0 Å². The fraction of sp³-hybridized carbons (Fsp3) is 0.409. The van der Waals surface area contributed by atoms with Crippen LogP contribution in [0.5, 0.6) is 0 Å². The second-order valence-corrected chi connectivity index (χ2v) is 6.91. The van der Waals surface area contributed by atoms with E-state index in [9.17, 15) is 4.79 Å². The monoisotopic (exact) mass is 337 g/mol. The lowest BCUT2D eigenvalue weighted by Crippen LogP contribution is -2.32. The predicted octanol–water partition coefficient (Wildman–Crippen LogP) is 4.90. The SMILES string of the molecule is CCOC(=O)c1ccc(-c2ccccc2)c(CN2C(C)CCC2C)c1. The highest BCUT2D eigenvalue weighted by molar-refractivity contribution is 5.90. The third-order valence-corrected chi connectivity index (χ3v) is 5.19. The summed E-state index contributed by atoms with van der Waals surface area (Å²) < 4.78 is 5.19. The molecule has 3 nitrogen and oxygen atoms in total. The number of benzene rings is 2. The molecule has 2 unspecified atom stereocenters. The maximum atomic E-state index is 12.2.